The molecule has 0 unspecified atom stereocenters. The number of aliphatic hydroxyl groups is 1. The molecule has 6 heteroatoms. The van der Waals surface area contributed by atoms with Gasteiger partial charge in [0.2, 0.25) is 11.8 Å². The molecule has 3 atom stereocenters. The maximum Gasteiger partial charge on any atom is 0.226 e. The van der Waals surface area contributed by atoms with E-state index in [9.17, 15) is 14.7 Å². The number of carbonyl (C=O) groups is 2. The molecule has 0 bridgehead atoms. The normalized spacial score (nSPS) is 23.8. The van der Waals surface area contributed by atoms with Crippen LogP contribution in [0.15, 0.2) is 48.8 Å². The van der Waals surface area contributed by atoms with E-state index in [2.05, 4.69) is 22.4 Å². The molecule has 152 valence electrons. The van der Waals surface area contributed by atoms with Crippen LogP contribution in [-0.4, -0.2) is 52.0 Å². The van der Waals surface area contributed by atoms with Crippen molar-refractivity contribution < 1.29 is 14.7 Å². The Morgan fingerprint density at radius 2 is 1.90 bits per heavy atom. The van der Waals surface area contributed by atoms with Crippen LogP contribution < -0.4 is 5.32 Å². The third-order valence-corrected chi connectivity index (χ3v) is 6.29. The van der Waals surface area contributed by atoms with Gasteiger partial charge in [-0.25, -0.2) is 0 Å². The molecule has 2 heterocycles. The number of carbonyl (C=O) groups excluding carboxylic acids is 2. The highest BCUT2D eigenvalue weighted by Crippen LogP contribution is 2.43. The lowest BCUT2D eigenvalue weighted by Crippen LogP contribution is -2.69. The highest BCUT2D eigenvalue weighted by molar-refractivity contribution is 5.82. The van der Waals surface area contributed by atoms with Crippen LogP contribution in [-0.2, 0) is 9.59 Å². The Bertz CT molecular complexity index is 865. The van der Waals surface area contributed by atoms with Crippen molar-refractivity contribution in [1.82, 2.24) is 15.2 Å². The van der Waals surface area contributed by atoms with Gasteiger partial charge in [-0.3, -0.25) is 14.6 Å². The summed E-state index contributed by atoms with van der Waals surface area (Å²) in [5, 5.41) is 12.9. The monoisotopic (exact) mass is 393 g/mol. The fraction of sp³-hybridized carbons (Fsp3) is 0.435. The first-order valence-electron chi connectivity index (χ1n) is 10.3. The minimum atomic E-state index is -0.244. The second-order valence-electron chi connectivity index (χ2n) is 8.02. The average molecular weight is 393 g/mol. The Labute approximate surface area is 171 Å². The van der Waals surface area contributed by atoms with E-state index in [4.69, 9.17) is 0 Å². The maximum atomic E-state index is 12.9. The van der Waals surface area contributed by atoms with Crippen molar-refractivity contribution in [2.75, 3.05) is 13.2 Å². The van der Waals surface area contributed by atoms with E-state index in [1.54, 1.807) is 6.20 Å². The first-order valence-corrected chi connectivity index (χ1v) is 10.3. The van der Waals surface area contributed by atoms with Crippen molar-refractivity contribution in [2.24, 2.45) is 5.92 Å². The fourth-order valence-electron chi connectivity index (χ4n) is 4.49. The number of aromatic nitrogens is 1. The standard InChI is InChI=1S/C23H27N3O3/c1-15(28)25-13-20-22(21(14-27)26(20)23(29)18-4-2-5-18)17-9-7-16(8-10-17)19-6-3-11-24-12-19/h3,6-12,18,20-22,27H,2,4-5,13-14H2,1H3,(H,25,28)/t20-,21+,22+/m1/s1. The third-order valence-electron chi connectivity index (χ3n) is 6.29. The van der Waals surface area contributed by atoms with Gasteiger partial charge in [0.1, 0.15) is 0 Å². The van der Waals surface area contributed by atoms with Gasteiger partial charge in [0.05, 0.1) is 18.7 Å². The van der Waals surface area contributed by atoms with E-state index in [1.165, 1.54) is 6.92 Å². The van der Waals surface area contributed by atoms with Crippen LogP contribution in [0.1, 0.15) is 37.7 Å². The number of likely N-dealkylation sites (tertiary alicyclic amines) is 1. The van der Waals surface area contributed by atoms with Gasteiger partial charge in [-0.15, -0.1) is 0 Å². The predicted octanol–water partition coefficient (Wildman–Crippen LogP) is 2.34. The molecule has 29 heavy (non-hydrogen) atoms. The maximum absolute atomic E-state index is 12.9. The minimum Gasteiger partial charge on any atom is -0.394 e. The highest BCUT2D eigenvalue weighted by Gasteiger charge is 2.52. The zero-order valence-electron chi connectivity index (χ0n) is 16.6. The largest absolute Gasteiger partial charge is 0.394 e. The molecule has 1 saturated heterocycles. The number of aliphatic hydroxyl groups excluding tert-OH is 1. The number of hydrogen-bond acceptors (Lipinski definition) is 4. The van der Waals surface area contributed by atoms with Crippen molar-refractivity contribution in [2.45, 2.75) is 44.2 Å². The quantitative estimate of drug-likeness (QED) is 0.789. The molecule has 1 aromatic heterocycles. The SMILES string of the molecule is CC(=O)NC[C@@H]1[C@H](c2ccc(-c3cccnc3)cc2)[C@H](CO)N1C(=O)C1CCC1. The number of pyridine rings is 1. The van der Waals surface area contributed by atoms with Crippen LogP contribution in [0.5, 0.6) is 0 Å². The second kappa shape index (κ2) is 8.33. The molecule has 6 nitrogen and oxygen atoms in total. The van der Waals surface area contributed by atoms with Crippen LogP contribution >= 0.6 is 0 Å². The Balaban J connectivity index is 1.57. The lowest BCUT2D eigenvalue weighted by atomic mass is 9.72. The molecule has 1 aliphatic heterocycles. The van der Waals surface area contributed by atoms with Gasteiger partial charge in [0.25, 0.3) is 0 Å². The molecule has 2 amide bonds. The smallest absolute Gasteiger partial charge is 0.226 e. The lowest BCUT2D eigenvalue weighted by Gasteiger charge is -2.56. The van der Waals surface area contributed by atoms with Gasteiger partial charge in [-0.1, -0.05) is 36.8 Å². The molecule has 2 aromatic rings. The number of rotatable bonds is 6. The van der Waals surface area contributed by atoms with Crippen molar-refractivity contribution >= 4 is 11.8 Å². The van der Waals surface area contributed by atoms with Gasteiger partial charge < -0.3 is 15.3 Å². The van der Waals surface area contributed by atoms with Crippen LogP contribution in [0.3, 0.4) is 0 Å². The first kappa shape index (κ1) is 19.6. The summed E-state index contributed by atoms with van der Waals surface area (Å²) in [4.78, 5) is 30.4. The Hall–Kier alpha value is -2.73. The molecule has 2 N–H and O–H groups in total. The zero-order valence-corrected chi connectivity index (χ0v) is 16.6. The Kier molecular flexibility index (Phi) is 5.62. The number of amides is 2. The van der Waals surface area contributed by atoms with Crippen LogP contribution in [0, 0.1) is 5.92 Å². The molecule has 4 rings (SSSR count). The molecule has 2 aliphatic rings. The summed E-state index contributed by atoms with van der Waals surface area (Å²) in [7, 11) is 0. The average Bonchev–Trinajstić information content (AvgIpc) is 2.67. The Morgan fingerprint density at radius 1 is 1.14 bits per heavy atom. The van der Waals surface area contributed by atoms with Crippen molar-refractivity contribution in [1.29, 1.82) is 0 Å². The molecule has 1 aliphatic carbocycles. The van der Waals surface area contributed by atoms with E-state index in [0.717, 1.165) is 36.0 Å². The molecule has 1 saturated carbocycles. The summed E-state index contributed by atoms with van der Waals surface area (Å²) in [6, 6.07) is 11.8. The molecule has 1 aromatic carbocycles. The Morgan fingerprint density at radius 3 is 2.45 bits per heavy atom. The van der Waals surface area contributed by atoms with Crippen molar-refractivity contribution in [3.8, 4) is 11.1 Å². The summed E-state index contributed by atoms with van der Waals surface area (Å²) >= 11 is 0. The highest BCUT2D eigenvalue weighted by atomic mass is 16.3. The summed E-state index contributed by atoms with van der Waals surface area (Å²) in [6.45, 7) is 1.81. The fourth-order valence-corrected chi connectivity index (χ4v) is 4.49. The van der Waals surface area contributed by atoms with Gasteiger partial charge in [0.15, 0.2) is 0 Å². The van der Waals surface area contributed by atoms with Crippen LogP contribution in [0.25, 0.3) is 11.1 Å². The van der Waals surface area contributed by atoms with E-state index >= 15 is 0 Å². The van der Waals surface area contributed by atoms with Crippen molar-refractivity contribution in [3.63, 3.8) is 0 Å². The predicted molar refractivity (Wildman–Crippen MR) is 110 cm³/mol. The number of hydrogen-bond donors (Lipinski definition) is 2. The molecular weight excluding hydrogens is 366 g/mol. The summed E-state index contributed by atoms with van der Waals surface area (Å²) in [5.41, 5.74) is 3.19. The summed E-state index contributed by atoms with van der Waals surface area (Å²) < 4.78 is 0. The van der Waals surface area contributed by atoms with Crippen molar-refractivity contribution in [3.05, 3.63) is 54.4 Å². The van der Waals surface area contributed by atoms with Gasteiger partial charge >= 0.3 is 0 Å². The van der Waals surface area contributed by atoms with Crippen LogP contribution in [0.4, 0.5) is 0 Å². The van der Waals surface area contributed by atoms with E-state index in [0.29, 0.717) is 6.54 Å². The van der Waals surface area contributed by atoms with E-state index in [-0.39, 0.29) is 42.3 Å². The van der Waals surface area contributed by atoms with E-state index < -0.39 is 0 Å². The topological polar surface area (TPSA) is 82.5 Å². The van der Waals surface area contributed by atoms with Crippen LogP contribution in [0.2, 0.25) is 0 Å². The molecule has 0 spiro atoms. The molecular formula is C23H27N3O3. The zero-order chi connectivity index (χ0) is 20.4. The molecule has 2 fully saturated rings. The third kappa shape index (κ3) is 3.77. The van der Waals surface area contributed by atoms with Gasteiger partial charge in [-0.05, 0) is 35.6 Å². The number of benzene rings is 1. The lowest BCUT2D eigenvalue weighted by molar-refractivity contribution is -0.158. The number of nitrogens with one attached hydrogen (secondary N) is 1. The molecule has 0 radical (unpaired) electrons. The first-order chi connectivity index (χ1) is 14.1. The van der Waals surface area contributed by atoms with Gasteiger partial charge in [0, 0.05) is 37.7 Å². The number of nitrogens with zero attached hydrogens (tertiary/aromatic N) is 2. The minimum absolute atomic E-state index is 0.00109. The summed E-state index contributed by atoms with van der Waals surface area (Å²) in [6.07, 6.45) is 6.51. The van der Waals surface area contributed by atoms with E-state index in [1.807, 2.05) is 35.4 Å². The second-order valence-corrected chi connectivity index (χ2v) is 8.02. The van der Waals surface area contributed by atoms with Gasteiger partial charge in [-0.2, -0.15) is 0 Å². The summed E-state index contributed by atoms with van der Waals surface area (Å²) in [5.74, 6) is 0.0738.